The fourth-order valence-electron chi connectivity index (χ4n) is 6.94. The van der Waals surface area contributed by atoms with Crippen LogP contribution in [0.4, 0.5) is 0 Å². The molecule has 0 aliphatic rings. The van der Waals surface area contributed by atoms with E-state index in [2.05, 4.69) is 150 Å². The number of rotatable bonds is 8. The molecule has 2 aromatic heterocycles. The first kappa shape index (κ1) is 33.7. The maximum atomic E-state index is 8.10. The van der Waals surface area contributed by atoms with Crippen molar-refractivity contribution in [2.45, 2.75) is 13.8 Å². The molecule has 0 saturated heterocycles. The number of nitrogens with one attached hydrogen (secondary N) is 1. The molecule has 2 heterocycles. The highest BCUT2D eigenvalue weighted by Crippen LogP contribution is 2.40. The summed E-state index contributed by atoms with van der Waals surface area (Å²) in [6.45, 7) is 11.3. The average molecular weight is 673 g/mol. The van der Waals surface area contributed by atoms with Crippen LogP contribution in [0, 0.1) is 12.3 Å². The molecule has 4 heteroatoms. The van der Waals surface area contributed by atoms with Crippen LogP contribution < -0.4 is 0 Å². The van der Waals surface area contributed by atoms with Gasteiger partial charge in [-0.25, -0.2) is 0 Å². The molecule has 1 N–H and O–H groups in total. The van der Waals surface area contributed by atoms with Crippen molar-refractivity contribution >= 4 is 61.6 Å². The Balaban J connectivity index is 0.000000191. The minimum Gasteiger partial charge on any atom is -0.316 e. The van der Waals surface area contributed by atoms with E-state index in [-0.39, 0.29) is 0 Å². The van der Waals surface area contributed by atoms with Crippen molar-refractivity contribution in [1.82, 2.24) is 9.13 Å². The third-order valence-electron chi connectivity index (χ3n) is 9.24. The number of aromatic nitrogens is 2. The van der Waals surface area contributed by atoms with Crippen molar-refractivity contribution in [3.8, 4) is 11.4 Å². The van der Waals surface area contributed by atoms with Crippen LogP contribution in [-0.2, 0) is 0 Å². The fourth-order valence-corrected chi connectivity index (χ4v) is 6.94. The van der Waals surface area contributed by atoms with Crippen molar-refractivity contribution in [2.75, 3.05) is 0 Å². The first-order chi connectivity index (χ1) is 25.5. The quantitative estimate of drug-likeness (QED) is 0.123. The second-order valence-electron chi connectivity index (χ2n) is 12.6. The van der Waals surface area contributed by atoms with Crippen LogP contribution in [0.25, 0.3) is 60.6 Å². The lowest BCUT2D eigenvalue weighted by atomic mass is 10.0. The zero-order valence-corrected chi connectivity index (χ0v) is 29.5. The Bertz CT molecular complexity index is 2680. The zero-order valence-electron chi connectivity index (χ0n) is 29.5. The standard InChI is InChI=1S/C31H22N2.C17H18N2/c1-21-8-7-11-25(20-21)33-27-13-6-5-12-26(27)30-28(33)17-16-22-14-15-23-18-19-32(31(23)29(22)30)24-9-3-2-4-10-24;1-4-9-14(10-5-2)16(18)13-17(19-3)15-11-7-6-8-12-15/h2-20H,1H3;4-13,18H,1,3H2,2H3/b;10-5-,14-9+,17-13-,18-16?. The number of aliphatic imine (C=N–C) groups is 1. The second kappa shape index (κ2) is 15.0. The lowest BCUT2D eigenvalue weighted by Crippen LogP contribution is -1.96. The van der Waals surface area contributed by atoms with Gasteiger partial charge in [0.25, 0.3) is 0 Å². The van der Waals surface area contributed by atoms with Gasteiger partial charge in [0.05, 0.1) is 28.0 Å². The third kappa shape index (κ3) is 6.46. The SMILES string of the molecule is C=C/C=C(\C=C/C)C(=N)/C=C(\N=C)c1ccccc1.Cc1cccc(-n2c3ccccc3c3c4c(ccc5ccn(-c6ccccc6)c54)ccc32)c1. The summed E-state index contributed by atoms with van der Waals surface area (Å²) in [5.41, 5.74) is 10.2. The minimum absolute atomic E-state index is 0.379. The highest BCUT2D eigenvalue weighted by molar-refractivity contribution is 6.27. The summed E-state index contributed by atoms with van der Waals surface area (Å²) in [6, 6.07) is 49.1. The third-order valence-corrected chi connectivity index (χ3v) is 9.24. The molecule has 8 aromatic rings. The molecule has 0 bridgehead atoms. The largest absolute Gasteiger partial charge is 0.316 e. The van der Waals surface area contributed by atoms with Crippen LogP contribution in [0.2, 0.25) is 0 Å². The van der Waals surface area contributed by atoms with Gasteiger partial charge in [0.15, 0.2) is 0 Å². The van der Waals surface area contributed by atoms with Crippen molar-refractivity contribution in [2.24, 2.45) is 4.99 Å². The van der Waals surface area contributed by atoms with Crippen molar-refractivity contribution in [3.63, 3.8) is 0 Å². The van der Waals surface area contributed by atoms with E-state index in [0.717, 1.165) is 11.1 Å². The van der Waals surface area contributed by atoms with Gasteiger partial charge in [-0.3, -0.25) is 4.99 Å². The molecule has 0 amide bonds. The van der Waals surface area contributed by atoms with Gasteiger partial charge in [-0.05, 0) is 85.6 Å². The van der Waals surface area contributed by atoms with Gasteiger partial charge in [0.1, 0.15) is 0 Å². The molecule has 0 aliphatic carbocycles. The van der Waals surface area contributed by atoms with Crippen LogP contribution >= 0.6 is 0 Å². The Labute approximate surface area is 304 Å². The Morgan fingerprint density at radius 2 is 1.40 bits per heavy atom. The number of allylic oxidation sites excluding steroid dienone is 6. The first-order valence-electron chi connectivity index (χ1n) is 17.4. The molecular formula is C48H40N4. The Morgan fingerprint density at radius 1 is 0.712 bits per heavy atom. The molecule has 0 fully saturated rings. The molecule has 0 radical (unpaired) electrons. The summed E-state index contributed by atoms with van der Waals surface area (Å²) in [5, 5.41) is 14.5. The normalized spacial score (nSPS) is 12.0. The number of nitrogens with zero attached hydrogens (tertiary/aromatic N) is 3. The van der Waals surface area contributed by atoms with Crippen LogP contribution in [-0.4, -0.2) is 21.6 Å². The Hall–Kier alpha value is -6.78. The van der Waals surface area contributed by atoms with Gasteiger partial charge in [0, 0.05) is 44.7 Å². The number of aryl methyl sites for hydroxylation is 1. The maximum Gasteiger partial charge on any atom is 0.0716 e. The molecule has 0 spiro atoms. The van der Waals surface area contributed by atoms with E-state index in [0.29, 0.717) is 11.4 Å². The van der Waals surface area contributed by atoms with Crippen LogP contribution in [0.3, 0.4) is 0 Å². The predicted octanol–water partition coefficient (Wildman–Crippen LogP) is 12.6. The van der Waals surface area contributed by atoms with E-state index in [4.69, 9.17) is 5.41 Å². The van der Waals surface area contributed by atoms with Crippen LogP contribution in [0.5, 0.6) is 0 Å². The topological polar surface area (TPSA) is 46.1 Å². The van der Waals surface area contributed by atoms with Crippen LogP contribution in [0.1, 0.15) is 18.1 Å². The van der Waals surface area contributed by atoms with E-state index in [1.165, 1.54) is 60.4 Å². The Morgan fingerprint density at radius 3 is 2.13 bits per heavy atom. The smallest absolute Gasteiger partial charge is 0.0716 e. The summed E-state index contributed by atoms with van der Waals surface area (Å²) < 4.78 is 4.74. The van der Waals surface area contributed by atoms with Gasteiger partial charge >= 0.3 is 0 Å². The highest BCUT2D eigenvalue weighted by atomic mass is 15.0. The zero-order chi connectivity index (χ0) is 36.0. The van der Waals surface area contributed by atoms with E-state index in [9.17, 15) is 0 Å². The number of fused-ring (bicyclic) bond motifs is 7. The van der Waals surface area contributed by atoms with Crippen molar-refractivity contribution < 1.29 is 0 Å². The van der Waals surface area contributed by atoms with Gasteiger partial charge in [-0.2, -0.15) is 0 Å². The monoisotopic (exact) mass is 672 g/mol. The lowest BCUT2D eigenvalue weighted by Gasteiger charge is -2.11. The number of benzene rings is 6. The number of hydrogen-bond donors (Lipinski definition) is 1. The molecule has 0 unspecified atom stereocenters. The average Bonchev–Trinajstić information content (AvgIpc) is 3.77. The molecule has 0 aliphatic heterocycles. The van der Waals surface area contributed by atoms with E-state index >= 15 is 0 Å². The van der Waals surface area contributed by atoms with E-state index < -0.39 is 0 Å². The molecule has 52 heavy (non-hydrogen) atoms. The summed E-state index contributed by atoms with van der Waals surface area (Å²) >= 11 is 0. The first-order valence-corrected chi connectivity index (χ1v) is 17.4. The van der Waals surface area contributed by atoms with Crippen molar-refractivity contribution in [1.29, 1.82) is 5.41 Å². The van der Waals surface area contributed by atoms with E-state index in [1.807, 2.05) is 49.4 Å². The molecule has 6 aromatic carbocycles. The van der Waals surface area contributed by atoms with E-state index in [1.54, 1.807) is 18.2 Å². The lowest BCUT2D eigenvalue weighted by molar-refractivity contribution is 1.13. The molecule has 0 saturated carbocycles. The molecule has 0 atom stereocenters. The molecule has 8 rings (SSSR count). The fraction of sp³-hybridized carbons (Fsp3) is 0.0417. The summed E-state index contributed by atoms with van der Waals surface area (Å²) in [5.74, 6) is 0. The highest BCUT2D eigenvalue weighted by Gasteiger charge is 2.18. The second-order valence-corrected chi connectivity index (χ2v) is 12.6. The van der Waals surface area contributed by atoms with Crippen LogP contribution in [0.15, 0.2) is 193 Å². The Kier molecular flexibility index (Phi) is 9.72. The number of hydrogen-bond acceptors (Lipinski definition) is 2. The van der Waals surface area contributed by atoms with Gasteiger partial charge in [-0.15, -0.1) is 0 Å². The molecule has 252 valence electrons. The van der Waals surface area contributed by atoms with Gasteiger partial charge in [0.2, 0.25) is 0 Å². The maximum absolute atomic E-state index is 8.10. The number of para-hydroxylation sites is 2. The predicted molar refractivity (Wildman–Crippen MR) is 225 cm³/mol. The minimum atomic E-state index is 0.379. The van der Waals surface area contributed by atoms with Crippen molar-refractivity contribution in [3.05, 3.63) is 199 Å². The van der Waals surface area contributed by atoms with Gasteiger partial charge < -0.3 is 14.5 Å². The summed E-state index contributed by atoms with van der Waals surface area (Å²) in [4.78, 5) is 3.99. The molecule has 4 nitrogen and oxygen atoms in total. The summed E-state index contributed by atoms with van der Waals surface area (Å²) in [7, 11) is 0. The summed E-state index contributed by atoms with van der Waals surface area (Å²) in [6.07, 6.45) is 11.1. The van der Waals surface area contributed by atoms with Gasteiger partial charge in [-0.1, -0.05) is 128 Å². The molecular weight excluding hydrogens is 633 g/mol.